The van der Waals surface area contributed by atoms with E-state index in [2.05, 4.69) is 5.32 Å². The van der Waals surface area contributed by atoms with Gasteiger partial charge >= 0.3 is 0 Å². The SMILES string of the molecule is CCOc1ccc(C(CC(=O)c2ccc(C)cc2)Nc2ccccc2)cc1. The number of aryl methyl sites for hydroxylation is 1. The summed E-state index contributed by atoms with van der Waals surface area (Å²) < 4.78 is 5.53. The molecule has 0 aliphatic rings. The lowest BCUT2D eigenvalue weighted by Gasteiger charge is -2.20. The van der Waals surface area contributed by atoms with Crippen LogP contribution in [0.1, 0.15) is 40.9 Å². The number of para-hydroxylation sites is 1. The molecular formula is C24H25NO2. The monoisotopic (exact) mass is 359 g/mol. The number of anilines is 1. The summed E-state index contributed by atoms with van der Waals surface area (Å²) in [6.45, 7) is 4.62. The Morgan fingerprint density at radius 2 is 1.59 bits per heavy atom. The molecule has 0 aliphatic heterocycles. The van der Waals surface area contributed by atoms with Crippen LogP contribution in [0.2, 0.25) is 0 Å². The van der Waals surface area contributed by atoms with Gasteiger partial charge in [0, 0.05) is 17.7 Å². The van der Waals surface area contributed by atoms with E-state index in [9.17, 15) is 4.79 Å². The van der Waals surface area contributed by atoms with Gasteiger partial charge in [-0.25, -0.2) is 0 Å². The molecule has 3 rings (SSSR count). The molecule has 1 unspecified atom stereocenters. The maximum absolute atomic E-state index is 12.8. The number of rotatable bonds is 8. The van der Waals surface area contributed by atoms with E-state index in [1.807, 2.05) is 92.7 Å². The molecule has 0 heterocycles. The molecule has 0 saturated heterocycles. The highest BCUT2D eigenvalue weighted by molar-refractivity contribution is 5.96. The van der Waals surface area contributed by atoms with Crippen molar-refractivity contribution in [1.82, 2.24) is 0 Å². The largest absolute Gasteiger partial charge is 0.494 e. The van der Waals surface area contributed by atoms with Crippen LogP contribution in [0.5, 0.6) is 5.75 Å². The molecule has 1 atom stereocenters. The molecule has 3 nitrogen and oxygen atoms in total. The number of ether oxygens (including phenoxy) is 1. The van der Waals surface area contributed by atoms with Crippen LogP contribution < -0.4 is 10.1 Å². The van der Waals surface area contributed by atoms with Crippen molar-refractivity contribution in [2.45, 2.75) is 26.3 Å². The molecule has 0 fully saturated rings. The van der Waals surface area contributed by atoms with Crippen LogP contribution in [-0.2, 0) is 0 Å². The minimum atomic E-state index is -0.114. The number of hydrogen-bond acceptors (Lipinski definition) is 3. The first-order valence-electron chi connectivity index (χ1n) is 9.30. The number of carbonyl (C=O) groups is 1. The summed E-state index contributed by atoms with van der Waals surface area (Å²) in [7, 11) is 0. The molecule has 3 heteroatoms. The molecule has 0 aromatic heterocycles. The van der Waals surface area contributed by atoms with Crippen molar-refractivity contribution in [2.75, 3.05) is 11.9 Å². The van der Waals surface area contributed by atoms with Crippen LogP contribution in [0.4, 0.5) is 5.69 Å². The summed E-state index contributed by atoms with van der Waals surface area (Å²) in [6.07, 6.45) is 0.381. The Bertz CT molecular complexity index is 855. The summed E-state index contributed by atoms with van der Waals surface area (Å²) in [5.74, 6) is 0.960. The maximum atomic E-state index is 12.8. The molecule has 0 bridgehead atoms. The molecule has 1 N–H and O–H groups in total. The van der Waals surface area contributed by atoms with Crippen LogP contribution in [0.3, 0.4) is 0 Å². The van der Waals surface area contributed by atoms with E-state index in [0.717, 1.165) is 28.1 Å². The van der Waals surface area contributed by atoms with Crippen molar-refractivity contribution >= 4 is 11.5 Å². The average molecular weight is 359 g/mol. The van der Waals surface area contributed by atoms with Gasteiger partial charge < -0.3 is 10.1 Å². The third kappa shape index (κ3) is 5.20. The number of carbonyl (C=O) groups excluding carboxylic acids is 1. The Labute approximate surface area is 161 Å². The fourth-order valence-corrected chi connectivity index (χ4v) is 2.99. The van der Waals surface area contributed by atoms with Gasteiger partial charge in [-0.1, -0.05) is 60.2 Å². The molecular weight excluding hydrogens is 334 g/mol. The van der Waals surface area contributed by atoms with Gasteiger partial charge in [0.1, 0.15) is 5.75 Å². The lowest BCUT2D eigenvalue weighted by molar-refractivity contribution is 0.0976. The minimum Gasteiger partial charge on any atom is -0.494 e. The molecule has 0 radical (unpaired) electrons. The van der Waals surface area contributed by atoms with Crippen molar-refractivity contribution < 1.29 is 9.53 Å². The van der Waals surface area contributed by atoms with E-state index in [1.165, 1.54) is 0 Å². The molecule has 0 amide bonds. The van der Waals surface area contributed by atoms with Crippen LogP contribution in [-0.4, -0.2) is 12.4 Å². The number of Topliss-reactive ketones (excluding diaryl/α,β-unsaturated/α-hetero) is 1. The van der Waals surface area contributed by atoms with Crippen LogP contribution in [0.15, 0.2) is 78.9 Å². The maximum Gasteiger partial charge on any atom is 0.165 e. The zero-order valence-electron chi connectivity index (χ0n) is 15.8. The summed E-state index contributed by atoms with van der Waals surface area (Å²) in [4.78, 5) is 12.8. The predicted molar refractivity (Wildman–Crippen MR) is 111 cm³/mol. The topological polar surface area (TPSA) is 38.3 Å². The molecule has 0 spiro atoms. The Morgan fingerprint density at radius 3 is 2.22 bits per heavy atom. The van der Waals surface area contributed by atoms with Crippen LogP contribution >= 0.6 is 0 Å². The van der Waals surface area contributed by atoms with Gasteiger partial charge in [0.15, 0.2) is 5.78 Å². The molecule has 3 aromatic rings. The lowest BCUT2D eigenvalue weighted by Crippen LogP contribution is -2.16. The highest BCUT2D eigenvalue weighted by Crippen LogP contribution is 2.26. The van der Waals surface area contributed by atoms with Crippen LogP contribution in [0.25, 0.3) is 0 Å². The zero-order valence-corrected chi connectivity index (χ0v) is 15.8. The van der Waals surface area contributed by atoms with E-state index in [4.69, 9.17) is 4.74 Å². The second-order valence-corrected chi connectivity index (χ2v) is 6.56. The number of hydrogen-bond donors (Lipinski definition) is 1. The smallest absolute Gasteiger partial charge is 0.165 e. The number of ketones is 1. The van der Waals surface area contributed by atoms with Crippen LogP contribution in [0, 0.1) is 6.92 Å². The van der Waals surface area contributed by atoms with E-state index in [0.29, 0.717) is 13.0 Å². The number of benzene rings is 3. The fraction of sp³-hybridized carbons (Fsp3) is 0.208. The predicted octanol–water partition coefficient (Wildman–Crippen LogP) is 5.82. The average Bonchev–Trinajstić information content (AvgIpc) is 2.69. The van der Waals surface area contributed by atoms with Gasteiger partial charge in [-0.3, -0.25) is 4.79 Å². The van der Waals surface area contributed by atoms with Gasteiger partial charge in [0.2, 0.25) is 0 Å². The van der Waals surface area contributed by atoms with E-state index < -0.39 is 0 Å². The Morgan fingerprint density at radius 1 is 0.926 bits per heavy atom. The zero-order chi connectivity index (χ0) is 19.1. The Hall–Kier alpha value is -3.07. The quantitative estimate of drug-likeness (QED) is 0.515. The molecule has 138 valence electrons. The summed E-state index contributed by atoms with van der Waals surface area (Å²) in [5.41, 5.74) is 3.94. The molecule has 0 saturated carbocycles. The molecule has 27 heavy (non-hydrogen) atoms. The molecule has 0 aliphatic carbocycles. The summed E-state index contributed by atoms with van der Waals surface area (Å²) in [5, 5.41) is 3.50. The summed E-state index contributed by atoms with van der Waals surface area (Å²) >= 11 is 0. The highest BCUT2D eigenvalue weighted by atomic mass is 16.5. The highest BCUT2D eigenvalue weighted by Gasteiger charge is 2.17. The van der Waals surface area contributed by atoms with Gasteiger partial charge in [0.05, 0.1) is 12.6 Å². The van der Waals surface area contributed by atoms with Crippen molar-refractivity contribution in [3.05, 3.63) is 95.6 Å². The van der Waals surface area contributed by atoms with E-state index >= 15 is 0 Å². The number of nitrogens with one attached hydrogen (secondary N) is 1. The Kier molecular flexibility index (Phi) is 6.26. The lowest BCUT2D eigenvalue weighted by atomic mass is 9.97. The summed E-state index contributed by atoms with van der Waals surface area (Å²) in [6, 6.07) is 25.6. The van der Waals surface area contributed by atoms with Crippen molar-refractivity contribution in [3.63, 3.8) is 0 Å². The van der Waals surface area contributed by atoms with Gasteiger partial charge in [-0.2, -0.15) is 0 Å². The Balaban J connectivity index is 1.82. The van der Waals surface area contributed by atoms with Crippen molar-refractivity contribution in [3.8, 4) is 5.75 Å². The van der Waals surface area contributed by atoms with Crippen molar-refractivity contribution in [1.29, 1.82) is 0 Å². The minimum absolute atomic E-state index is 0.114. The first-order chi connectivity index (χ1) is 13.2. The third-order valence-corrected chi connectivity index (χ3v) is 4.47. The second kappa shape index (κ2) is 9.04. The first kappa shape index (κ1) is 18.7. The standard InChI is InChI=1S/C24H25NO2/c1-3-27-22-15-13-19(14-16-22)23(25-21-7-5-4-6-8-21)17-24(26)20-11-9-18(2)10-12-20/h4-16,23,25H,3,17H2,1-2H3. The van der Waals surface area contributed by atoms with E-state index in [1.54, 1.807) is 0 Å². The molecule has 3 aromatic carbocycles. The first-order valence-corrected chi connectivity index (χ1v) is 9.30. The second-order valence-electron chi connectivity index (χ2n) is 6.56. The fourth-order valence-electron chi connectivity index (χ4n) is 2.99. The van der Waals surface area contributed by atoms with Gasteiger partial charge in [0.25, 0.3) is 0 Å². The normalized spacial score (nSPS) is 11.6. The third-order valence-electron chi connectivity index (χ3n) is 4.47. The van der Waals surface area contributed by atoms with Gasteiger partial charge in [-0.05, 0) is 43.7 Å². The van der Waals surface area contributed by atoms with Crippen molar-refractivity contribution in [2.24, 2.45) is 0 Å². The van der Waals surface area contributed by atoms with Gasteiger partial charge in [-0.15, -0.1) is 0 Å². The van der Waals surface area contributed by atoms with E-state index in [-0.39, 0.29) is 11.8 Å².